The maximum absolute atomic E-state index is 12.6. The quantitative estimate of drug-likeness (QED) is 0.854. The van der Waals surface area contributed by atoms with E-state index in [1.807, 2.05) is 30.3 Å². The van der Waals surface area contributed by atoms with E-state index in [-0.39, 0.29) is 11.3 Å². The molecule has 0 aromatic heterocycles. The van der Waals surface area contributed by atoms with Gasteiger partial charge in [0, 0.05) is 36.6 Å². The molecule has 0 radical (unpaired) electrons. The minimum atomic E-state index is -0.120. The summed E-state index contributed by atoms with van der Waals surface area (Å²) in [6.45, 7) is 2.74. The average Bonchev–Trinajstić information content (AvgIpc) is 3.15. The van der Waals surface area contributed by atoms with Crippen molar-refractivity contribution in [2.45, 2.75) is 31.1 Å². The lowest BCUT2D eigenvalue weighted by atomic mass is 9.74. The first-order valence-corrected chi connectivity index (χ1v) is 9.88. The lowest BCUT2D eigenvalue weighted by Crippen LogP contribution is -2.45. The Morgan fingerprint density at radius 2 is 1.96 bits per heavy atom. The van der Waals surface area contributed by atoms with E-state index in [2.05, 4.69) is 17.4 Å². The molecule has 0 spiro atoms. The topological polar surface area (TPSA) is 47.6 Å². The second kappa shape index (κ2) is 7.91. The SMILES string of the molecule is O=C(Cc1ccc2c(c1)CCO2)NCC1(c2cccc(Cl)c2)CCOCC1. The van der Waals surface area contributed by atoms with Crippen molar-refractivity contribution in [1.29, 1.82) is 0 Å². The Morgan fingerprint density at radius 3 is 2.78 bits per heavy atom. The van der Waals surface area contributed by atoms with E-state index < -0.39 is 0 Å². The van der Waals surface area contributed by atoms with E-state index in [0.29, 0.717) is 26.2 Å². The molecule has 0 atom stereocenters. The summed E-state index contributed by atoms with van der Waals surface area (Å²) in [6, 6.07) is 14.0. The third-order valence-corrected chi connectivity index (χ3v) is 5.86. The molecule has 2 aliphatic heterocycles. The Bertz CT molecular complexity index is 830. The van der Waals surface area contributed by atoms with E-state index in [4.69, 9.17) is 21.1 Å². The molecule has 1 saturated heterocycles. The average molecular weight is 386 g/mol. The van der Waals surface area contributed by atoms with Crippen molar-refractivity contribution >= 4 is 17.5 Å². The molecule has 0 unspecified atom stereocenters. The summed E-state index contributed by atoms with van der Waals surface area (Å²) in [5, 5.41) is 3.89. The van der Waals surface area contributed by atoms with Gasteiger partial charge in [-0.3, -0.25) is 4.79 Å². The summed E-state index contributed by atoms with van der Waals surface area (Å²) in [7, 11) is 0. The molecule has 0 saturated carbocycles. The van der Waals surface area contributed by atoms with E-state index in [1.54, 1.807) is 0 Å². The van der Waals surface area contributed by atoms with Crippen LogP contribution in [0.25, 0.3) is 0 Å². The molecule has 2 aliphatic rings. The number of halogens is 1. The number of ether oxygens (including phenoxy) is 2. The Kier molecular flexibility index (Phi) is 5.37. The third kappa shape index (κ3) is 4.12. The lowest BCUT2D eigenvalue weighted by Gasteiger charge is -2.38. The number of hydrogen-bond acceptors (Lipinski definition) is 3. The molecule has 0 bridgehead atoms. The number of fused-ring (bicyclic) bond motifs is 1. The fourth-order valence-electron chi connectivity index (χ4n) is 4.01. The second-order valence-electron chi connectivity index (χ2n) is 7.40. The predicted molar refractivity (Wildman–Crippen MR) is 106 cm³/mol. The summed E-state index contributed by atoms with van der Waals surface area (Å²) in [6.07, 6.45) is 3.06. The zero-order chi connectivity index (χ0) is 18.7. The van der Waals surface area contributed by atoms with Gasteiger partial charge in [0.1, 0.15) is 5.75 Å². The number of benzene rings is 2. The molecule has 4 nitrogen and oxygen atoms in total. The van der Waals surface area contributed by atoms with Gasteiger partial charge >= 0.3 is 0 Å². The molecular formula is C22H24ClNO3. The maximum atomic E-state index is 12.6. The van der Waals surface area contributed by atoms with Crippen molar-refractivity contribution in [2.24, 2.45) is 0 Å². The summed E-state index contributed by atoms with van der Waals surface area (Å²) in [5.41, 5.74) is 3.28. The molecule has 1 fully saturated rings. The first-order valence-electron chi connectivity index (χ1n) is 9.50. The van der Waals surface area contributed by atoms with Crippen LogP contribution in [0.5, 0.6) is 5.75 Å². The molecule has 1 N–H and O–H groups in total. The maximum Gasteiger partial charge on any atom is 0.224 e. The van der Waals surface area contributed by atoms with Crippen molar-refractivity contribution in [3.05, 3.63) is 64.2 Å². The smallest absolute Gasteiger partial charge is 0.224 e. The van der Waals surface area contributed by atoms with Gasteiger partial charge in [0.15, 0.2) is 0 Å². The van der Waals surface area contributed by atoms with Gasteiger partial charge in [-0.05, 0) is 47.7 Å². The zero-order valence-corrected chi connectivity index (χ0v) is 16.1. The number of carbonyl (C=O) groups excluding carboxylic acids is 1. The number of amides is 1. The monoisotopic (exact) mass is 385 g/mol. The Hall–Kier alpha value is -2.04. The van der Waals surface area contributed by atoms with Gasteiger partial charge < -0.3 is 14.8 Å². The largest absolute Gasteiger partial charge is 0.493 e. The highest BCUT2D eigenvalue weighted by atomic mass is 35.5. The van der Waals surface area contributed by atoms with E-state index in [1.165, 1.54) is 11.1 Å². The number of nitrogens with one attached hydrogen (secondary N) is 1. The normalized spacial score (nSPS) is 17.8. The van der Waals surface area contributed by atoms with Crippen LogP contribution >= 0.6 is 11.6 Å². The van der Waals surface area contributed by atoms with Crippen LogP contribution in [0.1, 0.15) is 29.5 Å². The fourth-order valence-corrected chi connectivity index (χ4v) is 4.20. The molecule has 0 aliphatic carbocycles. The van der Waals surface area contributed by atoms with Crippen molar-refractivity contribution in [3.8, 4) is 5.75 Å². The first kappa shape index (κ1) is 18.3. The standard InChI is InChI=1S/C22H24ClNO3/c23-19-3-1-2-18(14-19)22(7-10-26-11-8-22)15-24-21(25)13-16-4-5-20-17(12-16)6-9-27-20/h1-5,12,14H,6-11,13,15H2,(H,24,25). The van der Waals surface area contributed by atoms with Crippen LogP contribution < -0.4 is 10.1 Å². The summed E-state index contributed by atoms with van der Waals surface area (Å²) < 4.78 is 11.1. The highest BCUT2D eigenvalue weighted by Gasteiger charge is 2.35. The number of hydrogen-bond donors (Lipinski definition) is 1. The minimum Gasteiger partial charge on any atom is -0.493 e. The fraction of sp³-hybridized carbons (Fsp3) is 0.409. The van der Waals surface area contributed by atoms with Crippen molar-refractivity contribution in [3.63, 3.8) is 0 Å². The van der Waals surface area contributed by atoms with Crippen LogP contribution in [0.2, 0.25) is 5.02 Å². The van der Waals surface area contributed by atoms with Crippen LogP contribution in [-0.4, -0.2) is 32.3 Å². The Morgan fingerprint density at radius 1 is 1.11 bits per heavy atom. The molecular weight excluding hydrogens is 362 g/mol. The number of rotatable bonds is 5. The zero-order valence-electron chi connectivity index (χ0n) is 15.3. The molecule has 2 aromatic carbocycles. The third-order valence-electron chi connectivity index (χ3n) is 5.63. The van der Waals surface area contributed by atoms with Crippen LogP contribution in [0.3, 0.4) is 0 Å². The van der Waals surface area contributed by atoms with E-state index in [9.17, 15) is 4.79 Å². The van der Waals surface area contributed by atoms with Gasteiger partial charge in [0.25, 0.3) is 0 Å². The lowest BCUT2D eigenvalue weighted by molar-refractivity contribution is -0.120. The molecule has 27 heavy (non-hydrogen) atoms. The van der Waals surface area contributed by atoms with Crippen LogP contribution in [0, 0.1) is 0 Å². The van der Waals surface area contributed by atoms with Crippen molar-refractivity contribution < 1.29 is 14.3 Å². The van der Waals surface area contributed by atoms with Crippen LogP contribution in [-0.2, 0) is 27.8 Å². The van der Waals surface area contributed by atoms with Gasteiger partial charge in [-0.25, -0.2) is 0 Å². The van der Waals surface area contributed by atoms with Gasteiger partial charge in [0.2, 0.25) is 5.91 Å². The molecule has 142 valence electrons. The highest BCUT2D eigenvalue weighted by Crippen LogP contribution is 2.35. The minimum absolute atomic E-state index is 0.0433. The summed E-state index contributed by atoms with van der Waals surface area (Å²) in [5.74, 6) is 0.989. The van der Waals surface area contributed by atoms with Gasteiger partial charge in [0.05, 0.1) is 13.0 Å². The molecule has 2 heterocycles. The molecule has 2 aromatic rings. The summed E-state index contributed by atoms with van der Waals surface area (Å²) >= 11 is 6.21. The Balaban J connectivity index is 1.44. The highest BCUT2D eigenvalue weighted by molar-refractivity contribution is 6.30. The predicted octanol–water partition coefficient (Wildman–Crippen LogP) is 3.68. The first-order chi connectivity index (χ1) is 13.1. The second-order valence-corrected chi connectivity index (χ2v) is 7.83. The summed E-state index contributed by atoms with van der Waals surface area (Å²) in [4.78, 5) is 12.6. The number of carbonyl (C=O) groups is 1. The van der Waals surface area contributed by atoms with Crippen LogP contribution in [0.4, 0.5) is 0 Å². The van der Waals surface area contributed by atoms with Gasteiger partial charge in [-0.2, -0.15) is 0 Å². The molecule has 1 amide bonds. The van der Waals surface area contributed by atoms with Crippen LogP contribution in [0.15, 0.2) is 42.5 Å². The molecule has 5 heteroatoms. The van der Waals surface area contributed by atoms with E-state index in [0.717, 1.165) is 42.2 Å². The van der Waals surface area contributed by atoms with Gasteiger partial charge in [-0.15, -0.1) is 0 Å². The van der Waals surface area contributed by atoms with E-state index >= 15 is 0 Å². The van der Waals surface area contributed by atoms with Crippen molar-refractivity contribution in [1.82, 2.24) is 5.32 Å². The Labute approximate surface area is 164 Å². The van der Waals surface area contributed by atoms with Gasteiger partial charge in [-0.1, -0.05) is 35.9 Å². The molecule has 4 rings (SSSR count). The van der Waals surface area contributed by atoms with Crippen molar-refractivity contribution in [2.75, 3.05) is 26.4 Å².